The van der Waals surface area contributed by atoms with E-state index < -0.39 is 18.3 Å². The quantitative estimate of drug-likeness (QED) is 0.786. The Hall–Kier alpha value is -1.07. The van der Waals surface area contributed by atoms with E-state index in [0.29, 0.717) is 12.8 Å². The second-order valence-corrected chi connectivity index (χ2v) is 6.86. The number of aliphatic hydroxyl groups excluding tert-OH is 1. The number of ether oxygens (including phenoxy) is 2. The summed E-state index contributed by atoms with van der Waals surface area (Å²) in [4.78, 5) is 11.7. The van der Waals surface area contributed by atoms with Gasteiger partial charge in [-0.15, -0.1) is 0 Å². The number of rotatable bonds is 3. The molecule has 0 aromatic carbocycles. The minimum absolute atomic E-state index is 0.0249. The van der Waals surface area contributed by atoms with Crippen molar-refractivity contribution in [3.8, 4) is 0 Å². The van der Waals surface area contributed by atoms with Crippen LogP contribution >= 0.6 is 0 Å². The molecule has 5 nitrogen and oxygen atoms in total. The molecule has 0 fully saturated rings. The molecule has 1 aliphatic carbocycles. The molecule has 0 radical (unpaired) electrons. The Morgan fingerprint density at radius 3 is 2.43 bits per heavy atom. The van der Waals surface area contributed by atoms with Crippen molar-refractivity contribution >= 4 is 6.09 Å². The molecule has 3 unspecified atom stereocenters. The average Bonchev–Trinajstić information content (AvgIpc) is 2.27. The van der Waals surface area contributed by atoms with Crippen LogP contribution in [0.25, 0.3) is 0 Å². The standard InChI is InChI=1S/C16H29NO4/c1-11(2)17-15(19)20-14-9-8-13(21-16(3,4)5)7-6-12(18)10-14/h8-9,11-14,18H,6-7,10H2,1-5H3,(H,17,19)/b9-8+. The molecule has 0 heterocycles. The Balaban J connectivity index is 2.65. The van der Waals surface area contributed by atoms with Crippen LogP contribution in [0, 0.1) is 0 Å². The zero-order chi connectivity index (χ0) is 16.0. The van der Waals surface area contributed by atoms with Gasteiger partial charge in [0.25, 0.3) is 0 Å². The van der Waals surface area contributed by atoms with Crippen molar-refractivity contribution in [2.24, 2.45) is 0 Å². The van der Waals surface area contributed by atoms with Gasteiger partial charge in [0.2, 0.25) is 0 Å². The Morgan fingerprint density at radius 2 is 1.86 bits per heavy atom. The first kappa shape index (κ1) is 18.0. The lowest BCUT2D eigenvalue weighted by molar-refractivity contribution is -0.0488. The lowest BCUT2D eigenvalue weighted by Gasteiger charge is -2.29. The first-order valence-corrected chi connectivity index (χ1v) is 7.67. The first-order valence-electron chi connectivity index (χ1n) is 7.67. The molecule has 0 saturated carbocycles. The maximum absolute atomic E-state index is 11.7. The van der Waals surface area contributed by atoms with E-state index in [2.05, 4.69) is 5.32 Å². The zero-order valence-corrected chi connectivity index (χ0v) is 13.8. The lowest BCUT2D eigenvalue weighted by atomic mass is 9.99. The molecule has 21 heavy (non-hydrogen) atoms. The van der Waals surface area contributed by atoms with Crippen molar-refractivity contribution in [2.75, 3.05) is 0 Å². The first-order chi connectivity index (χ1) is 9.65. The highest BCUT2D eigenvalue weighted by molar-refractivity contribution is 5.67. The summed E-state index contributed by atoms with van der Waals surface area (Å²) in [5.41, 5.74) is -0.246. The highest BCUT2D eigenvalue weighted by Crippen LogP contribution is 2.21. The van der Waals surface area contributed by atoms with Gasteiger partial charge in [0, 0.05) is 12.5 Å². The lowest BCUT2D eigenvalue weighted by Crippen LogP contribution is -2.35. The van der Waals surface area contributed by atoms with Crippen molar-refractivity contribution in [3.63, 3.8) is 0 Å². The summed E-state index contributed by atoms with van der Waals surface area (Å²) in [6, 6.07) is 0.0249. The van der Waals surface area contributed by atoms with Crippen LogP contribution < -0.4 is 5.32 Å². The number of amides is 1. The summed E-state index contributed by atoms with van der Waals surface area (Å²) in [5, 5.41) is 12.7. The number of alkyl carbamates (subject to hydrolysis) is 1. The monoisotopic (exact) mass is 299 g/mol. The van der Waals surface area contributed by atoms with Crippen molar-refractivity contribution in [1.82, 2.24) is 5.32 Å². The molecule has 122 valence electrons. The van der Waals surface area contributed by atoms with Crippen LogP contribution in [0.5, 0.6) is 0 Å². The van der Waals surface area contributed by atoms with E-state index >= 15 is 0 Å². The Bertz CT molecular complexity index is 360. The minimum atomic E-state index is -0.488. The number of carbonyl (C=O) groups is 1. The molecule has 2 N–H and O–H groups in total. The van der Waals surface area contributed by atoms with Gasteiger partial charge in [-0.3, -0.25) is 0 Å². The number of carbonyl (C=O) groups excluding carboxylic acids is 1. The normalized spacial score (nSPS) is 28.6. The highest BCUT2D eigenvalue weighted by atomic mass is 16.6. The van der Waals surface area contributed by atoms with Crippen LogP contribution in [0.3, 0.4) is 0 Å². The maximum atomic E-state index is 11.7. The maximum Gasteiger partial charge on any atom is 0.407 e. The topological polar surface area (TPSA) is 67.8 Å². The van der Waals surface area contributed by atoms with Gasteiger partial charge in [0.15, 0.2) is 0 Å². The van der Waals surface area contributed by atoms with Crippen molar-refractivity contribution < 1.29 is 19.4 Å². The third-order valence-electron chi connectivity index (χ3n) is 3.00. The molecule has 0 spiro atoms. The second kappa shape index (κ2) is 7.80. The Labute approximate surface area is 127 Å². The van der Waals surface area contributed by atoms with Crippen LogP contribution in [0.4, 0.5) is 4.79 Å². The van der Waals surface area contributed by atoms with Gasteiger partial charge >= 0.3 is 6.09 Å². The highest BCUT2D eigenvalue weighted by Gasteiger charge is 2.23. The van der Waals surface area contributed by atoms with E-state index in [4.69, 9.17) is 9.47 Å². The van der Waals surface area contributed by atoms with Gasteiger partial charge < -0.3 is 19.9 Å². The van der Waals surface area contributed by atoms with E-state index in [0.717, 1.165) is 6.42 Å². The van der Waals surface area contributed by atoms with E-state index in [1.807, 2.05) is 46.8 Å². The van der Waals surface area contributed by atoms with E-state index in [1.165, 1.54) is 0 Å². The molecule has 0 aromatic rings. The fourth-order valence-electron chi connectivity index (χ4n) is 2.21. The van der Waals surface area contributed by atoms with Gasteiger partial charge in [0.05, 0.1) is 17.8 Å². The minimum Gasteiger partial charge on any atom is -0.442 e. The molecular weight excluding hydrogens is 270 g/mol. The Kier molecular flexibility index (Phi) is 6.68. The molecule has 0 saturated heterocycles. The van der Waals surface area contributed by atoms with Crippen LogP contribution in [0.15, 0.2) is 12.2 Å². The van der Waals surface area contributed by atoms with Gasteiger partial charge in [-0.05, 0) is 53.5 Å². The predicted octanol–water partition coefficient (Wildman–Crippen LogP) is 2.77. The summed E-state index contributed by atoms with van der Waals surface area (Å²) in [5.74, 6) is 0. The van der Waals surface area contributed by atoms with Gasteiger partial charge in [-0.1, -0.05) is 6.08 Å². The molecule has 1 aliphatic rings. The fourth-order valence-corrected chi connectivity index (χ4v) is 2.21. The smallest absolute Gasteiger partial charge is 0.407 e. The number of hydrogen-bond acceptors (Lipinski definition) is 4. The van der Waals surface area contributed by atoms with E-state index in [9.17, 15) is 9.90 Å². The van der Waals surface area contributed by atoms with Gasteiger partial charge in [-0.25, -0.2) is 4.79 Å². The molecular formula is C16H29NO4. The molecule has 3 atom stereocenters. The fraction of sp³-hybridized carbons (Fsp3) is 0.812. The number of nitrogens with one attached hydrogen (secondary N) is 1. The second-order valence-electron chi connectivity index (χ2n) is 6.86. The molecule has 5 heteroatoms. The Morgan fingerprint density at radius 1 is 1.24 bits per heavy atom. The molecule has 0 aromatic heterocycles. The van der Waals surface area contributed by atoms with Gasteiger partial charge in [-0.2, -0.15) is 0 Å². The van der Waals surface area contributed by atoms with Crippen LogP contribution in [-0.4, -0.2) is 41.2 Å². The van der Waals surface area contributed by atoms with Crippen molar-refractivity contribution in [3.05, 3.63) is 12.2 Å². The summed E-state index contributed by atoms with van der Waals surface area (Å²) in [7, 11) is 0. The van der Waals surface area contributed by atoms with Crippen LogP contribution in [-0.2, 0) is 9.47 Å². The predicted molar refractivity (Wildman–Crippen MR) is 82.2 cm³/mol. The molecule has 1 amide bonds. The molecule has 1 rings (SSSR count). The van der Waals surface area contributed by atoms with Crippen LogP contribution in [0.2, 0.25) is 0 Å². The number of aliphatic hydroxyl groups is 1. The summed E-state index contributed by atoms with van der Waals surface area (Å²) in [6.45, 7) is 9.74. The van der Waals surface area contributed by atoms with E-state index in [1.54, 1.807) is 0 Å². The van der Waals surface area contributed by atoms with E-state index in [-0.39, 0.29) is 17.7 Å². The molecule has 0 bridgehead atoms. The third-order valence-corrected chi connectivity index (χ3v) is 3.00. The molecule has 0 aliphatic heterocycles. The zero-order valence-electron chi connectivity index (χ0n) is 13.8. The summed E-state index contributed by atoms with van der Waals surface area (Å²) < 4.78 is 11.3. The largest absolute Gasteiger partial charge is 0.442 e. The van der Waals surface area contributed by atoms with Crippen molar-refractivity contribution in [1.29, 1.82) is 0 Å². The number of hydrogen-bond donors (Lipinski definition) is 2. The van der Waals surface area contributed by atoms with Crippen LogP contribution in [0.1, 0.15) is 53.9 Å². The SMILES string of the molecule is CC(C)NC(=O)OC1/C=C/C(OC(C)(C)C)CCC(O)C1. The van der Waals surface area contributed by atoms with Crippen molar-refractivity contribution in [2.45, 2.75) is 83.8 Å². The third kappa shape index (κ3) is 8.07. The average molecular weight is 299 g/mol. The summed E-state index contributed by atoms with van der Waals surface area (Å²) >= 11 is 0. The summed E-state index contributed by atoms with van der Waals surface area (Å²) in [6.07, 6.45) is 4.13. The van der Waals surface area contributed by atoms with Gasteiger partial charge in [0.1, 0.15) is 6.10 Å².